The maximum absolute atomic E-state index is 12.7. The summed E-state index contributed by atoms with van der Waals surface area (Å²) in [5.41, 5.74) is -0.0805. The molecule has 0 aromatic carbocycles. The number of piperidine rings is 1. The monoisotopic (exact) mass is 375 g/mol. The average Bonchev–Trinajstić information content (AvgIpc) is 3.26. The van der Waals surface area contributed by atoms with E-state index in [1.165, 1.54) is 9.58 Å². The van der Waals surface area contributed by atoms with Gasteiger partial charge >= 0.3 is 6.09 Å². The number of amides is 2. The van der Waals surface area contributed by atoms with E-state index in [2.05, 4.69) is 10.00 Å². The van der Waals surface area contributed by atoms with Crippen molar-refractivity contribution in [1.29, 1.82) is 0 Å². The second-order valence-electron chi connectivity index (χ2n) is 7.73. The fraction of sp³-hybridized carbons (Fsp3) is 0.667. The summed E-state index contributed by atoms with van der Waals surface area (Å²) < 4.78 is 6.74. The molecule has 146 valence electrons. The Balaban J connectivity index is 1.43. The minimum absolute atomic E-state index is 0.0982. The number of likely N-dealkylation sites (N-methyl/N-ethyl adjacent to an activating group) is 1. The van der Waals surface area contributed by atoms with Crippen LogP contribution in [-0.4, -0.2) is 77.0 Å². The first-order valence-electron chi connectivity index (χ1n) is 9.50. The molecule has 3 fully saturated rings. The van der Waals surface area contributed by atoms with Crippen molar-refractivity contribution in [2.24, 2.45) is 0 Å². The fourth-order valence-corrected chi connectivity index (χ4v) is 4.23. The summed E-state index contributed by atoms with van der Waals surface area (Å²) in [4.78, 5) is 42.2. The highest BCUT2D eigenvalue weighted by atomic mass is 16.6. The minimum Gasteiger partial charge on any atom is -0.439 e. The molecule has 9 nitrogen and oxygen atoms in total. The van der Waals surface area contributed by atoms with Gasteiger partial charge in [-0.05, 0) is 25.7 Å². The van der Waals surface area contributed by atoms with Gasteiger partial charge in [0, 0.05) is 32.7 Å². The molecule has 2 amide bonds. The fourth-order valence-electron chi connectivity index (χ4n) is 4.23. The molecule has 1 spiro atoms. The molecular formula is C18H25N5O4. The maximum atomic E-state index is 12.7. The van der Waals surface area contributed by atoms with Crippen LogP contribution in [0.3, 0.4) is 0 Å². The zero-order valence-electron chi connectivity index (χ0n) is 15.6. The number of hydrogen-bond donors (Lipinski definition) is 0. The third-order valence-corrected chi connectivity index (χ3v) is 5.64. The SMILES string of the molecule is CN1C[C@@]2(CCCN(C(=O)Cn3ncc(N4CCCC4)cc3=O)C2)OC1=O. The lowest BCUT2D eigenvalue weighted by Crippen LogP contribution is -2.53. The number of carbonyl (C=O) groups is 2. The molecule has 3 saturated heterocycles. The van der Waals surface area contributed by atoms with Crippen LogP contribution in [0.5, 0.6) is 0 Å². The second-order valence-corrected chi connectivity index (χ2v) is 7.73. The van der Waals surface area contributed by atoms with E-state index in [1.54, 1.807) is 24.2 Å². The predicted molar refractivity (Wildman–Crippen MR) is 97.6 cm³/mol. The van der Waals surface area contributed by atoms with Crippen LogP contribution >= 0.6 is 0 Å². The Morgan fingerprint density at radius 3 is 2.63 bits per heavy atom. The van der Waals surface area contributed by atoms with Crippen molar-refractivity contribution < 1.29 is 14.3 Å². The van der Waals surface area contributed by atoms with E-state index < -0.39 is 5.60 Å². The first-order valence-corrected chi connectivity index (χ1v) is 9.50. The van der Waals surface area contributed by atoms with E-state index in [1.807, 2.05) is 0 Å². The molecule has 4 heterocycles. The van der Waals surface area contributed by atoms with Crippen LogP contribution < -0.4 is 10.5 Å². The molecule has 4 rings (SSSR count). The van der Waals surface area contributed by atoms with Crippen LogP contribution in [0.2, 0.25) is 0 Å². The van der Waals surface area contributed by atoms with Crippen molar-refractivity contribution in [3.63, 3.8) is 0 Å². The van der Waals surface area contributed by atoms with Gasteiger partial charge in [-0.3, -0.25) is 9.59 Å². The van der Waals surface area contributed by atoms with Gasteiger partial charge in [0.1, 0.15) is 12.1 Å². The molecule has 1 atom stereocenters. The molecule has 0 saturated carbocycles. The number of nitrogens with zero attached hydrogens (tertiary/aromatic N) is 5. The molecule has 9 heteroatoms. The highest BCUT2D eigenvalue weighted by molar-refractivity contribution is 5.76. The molecule has 0 N–H and O–H groups in total. The predicted octanol–water partition coefficient (Wildman–Crippen LogP) is 0.287. The number of likely N-dealkylation sites (tertiary alicyclic amines) is 1. The summed E-state index contributed by atoms with van der Waals surface area (Å²) in [7, 11) is 1.70. The Morgan fingerprint density at radius 2 is 1.96 bits per heavy atom. The van der Waals surface area contributed by atoms with E-state index in [0.717, 1.165) is 44.5 Å². The van der Waals surface area contributed by atoms with Gasteiger partial charge in [-0.25, -0.2) is 9.48 Å². The largest absolute Gasteiger partial charge is 0.439 e. The average molecular weight is 375 g/mol. The van der Waals surface area contributed by atoms with Crippen LogP contribution in [0.1, 0.15) is 25.7 Å². The van der Waals surface area contributed by atoms with E-state index in [0.29, 0.717) is 19.6 Å². The summed E-state index contributed by atoms with van der Waals surface area (Å²) >= 11 is 0. The number of anilines is 1. The molecule has 1 aromatic rings. The lowest BCUT2D eigenvalue weighted by molar-refractivity contribution is -0.137. The van der Waals surface area contributed by atoms with Crippen LogP contribution in [0.15, 0.2) is 17.1 Å². The Hall–Kier alpha value is -2.58. The summed E-state index contributed by atoms with van der Waals surface area (Å²) in [5, 5.41) is 4.19. The highest BCUT2D eigenvalue weighted by Crippen LogP contribution is 2.31. The lowest BCUT2D eigenvalue weighted by atomic mass is 9.93. The maximum Gasteiger partial charge on any atom is 0.410 e. The van der Waals surface area contributed by atoms with Gasteiger partial charge < -0.3 is 19.4 Å². The third-order valence-electron chi connectivity index (χ3n) is 5.64. The number of ether oxygens (including phenoxy) is 1. The normalized spacial score (nSPS) is 25.4. The quantitative estimate of drug-likeness (QED) is 0.754. The number of carbonyl (C=O) groups excluding carboxylic acids is 2. The highest BCUT2D eigenvalue weighted by Gasteiger charge is 2.47. The number of aromatic nitrogens is 2. The Bertz CT molecular complexity index is 803. The van der Waals surface area contributed by atoms with Gasteiger partial charge in [-0.15, -0.1) is 0 Å². The van der Waals surface area contributed by atoms with Crippen molar-refractivity contribution in [1.82, 2.24) is 19.6 Å². The Morgan fingerprint density at radius 1 is 1.19 bits per heavy atom. The molecule has 0 unspecified atom stereocenters. The molecular weight excluding hydrogens is 350 g/mol. The number of hydrogen-bond acceptors (Lipinski definition) is 6. The van der Waals surface area contributed by atoms with Crippen molar-refractivity contribution in [2.45, 2.75) is 37.8 Å². The van der Waals surface area contributed by atoms with Gasteiger partial charge in [-0.2, -0.15) is 5.10 Å². The minimum atomic E-state index is -0.627. The molecule has 0 aliphatic carbocycles. The number of rotatable bonds is 3. The first-order chi connectivity index (χ1) is 13.0. The zero-order valence-corrected chi connectivity index (χ0v) is 15.6. The molecule has 0 bridgehead atoms. The van der Waals surface area contributed by atoms with Gasteiger partial charge in [0.2, 0.25) is 5.91 Å². The van der Waals surface area contributed by atoms with Crippen LogP contribution in [-0.2, 0) is 16.1 Å². The lowest BCUT2D eigenvalue weighted by Gasteiger charge is -2.38. The molecule has 27 heavy (non-hydrogen) atoms. The van der Waals surface area contributed by atoms with Gasteiger partial charge in [0.25, 0.3) is 5.56 Å². The molecule has 1 aromatic heterocycles. The standard InChI is InChI=1S/C18H25N5O4/c1-20-12-18(27-17(20)26)5-4-8-22(13-18)16(25)11-23-15(24)9-14(10-19-23)21-6-2-3-7-21/h9-10H,2-8,11-13H2,1H3/t18-/m1/s1. The zero-order chi connectivity index (χ0) is 19.0. The van der Waals surface area contributed by atoms with Gasteiger partial charge in [0.15, 0.2) is 0 Å². The van der Waals surface area contributed by atoms with E-state index in [4.69, 9.17) is 4.74 Å². The van der Waals surface area contributed by atoms with E-state index in [-0.39, 0.29) is 24.1 Å². The topological polar surface area (TPSA) is 88.0 Å². The Kier molecular flexibility index (Phi) is 4.53. The van der Waals surface area contributed by atoms with E-state index in [9.17, 15) is 14.4 Å². The smallest absolute Gasteiger partial charge is 0.410 e. The summed E-state index contributed by atoms with van der Waals surface area (Å²) in [5.74, 6) is -0.178. The van der Waals surface area contributed by atoms with Gasteiger partial charge in [-0.1, -0.05) is 0 Å². The van der Waals surface area contributed by atoms with Crippen molar-refractivity contribution >= 4 is 17.7 Å². The summed E-state index contributed by atoms with van der Waals surface area (Å²) in [6.45, 7) is 3.22. The third kappa shape index (κ3) is 3.50. The van der Waals surface area contributed by atoms with Crippen molar-refractivity contribution in [3.8, 4) is 0 Å². The van der Waals surface area contributed by atoms with Gasteiger partial charge in [0.05, 0.1) is 25.0 Å². The van der Waals surface area contributed by atoms with Crippen LogP contribution in [0, 0.1) is 0 Å². The summed E-state index contributed by atoms with van der Waals surface area (Å²) in [6, 6.07) is 1.55. The van der Waals surface area contributed by atoms with Crippen LogP contribution in [0.4, 0.5) is 10.5 Å². The summed E-state index contributed by atoms with van der Waals surface area (Å²) in [6.07, 6.45) is 5.07. The second kappa shape index (κ2) is 6.86. The van der Waals surface area contributed by atoms with Crippen molar-refractivity contribution in [3.05, 3.63) is 22.6 Å². The molecule has 0 radical (unpaired) electrons. The molecule has 3 aliphatic heterocycles. The van der Waals surface area contributed by atoms with Crippen LogP contribution in [0.25, 0.3) is 0 Å². The van der Waals surface area contributed by atoms with Crippen molar-refractivity contribution in [2.75, 3.05) is 44.7 Å². The van der Waals surface area contributed by atoms with E-state index >= 15 is 0 Å². The Labute approximate surface area is 157 Å². The molecule has 3 aliphatic rings. The first kappa shape index (κ1) is 17.8.